The lowest BCUT2D eigenvalue weighted by atomic mass is 10.1. The Balaban J connectivity index is 2.13. The van der Waals surface area contributed by atoms with Gasteiger partial charge in [-0.1, -0.05) is 35.3 Å². The molecule has 2 amide bonds. The van der Waals surface area contributed by atoms with Gasteiger partial charge in [0.15, 0.2) is 11.5 Å². The summed E-state index contributed by atoms with van der Waals surface area (Å²) in [5.74, 6) is -0.0840. The van der Waals surface area contributed by atoms with E-state index in [2.05, 4.69) is 5.32 Å². The summed E-state index contributed by atoms with van der Waals surface area (Å²) in [5, 5.41) is 3.24. The summed E-state index contributed by atoms with van der Waals surface area (Å²) in [7, 11) is 4.44. The molecule has 0 unspecified atom stereocenters. The van der Waals surface area contributed by atoms with Gasteiger partial charge in [-0.2, -0.15) is 0 Å². The zero-order valence-electron chi connectivity index (χ0n) is 14.5. The van der Waals surface area contributed by atoms with Crippen molar-refractivity contribution in [2.24, 2.45) is 0 Å². The number of carbonyl (C=O) groups is 2. The molecule has 0 saturated heterocycles. The molecule has 0 spiro atoms. The van der Waals surface area contributed by atoms with E-state index >= 15 is 0 Å². The first-order valence-corrected chi connectivity index (χ1v) is 8.35. The van der Waals surface area contributed by atoms with Crippen LogP contribution in [0, 0.1) is 0 Å². The molecule has 0 bridgehead atoms. The van der Waals surface area contributed by atoms with Gasteiger partial charge in [0.05, 0.1) is 42.1 Å². The van der Waals surface area contributed by atoms with Gasteiger partial charge in [0.2, 0.25) is 5.91 Å². The number of nitrogens with zero attached hydrogens (tertiary/aromatic N) is 1. The highest BCUT2D eigenvalue weighted by Gasteiger charge is 2.21. The average Bonchev–Trinajstić information content (AvgIpc) is 2.63. The molecule has 0 aromatic heterocycles. The van der Waals surface area contributed by atoms with Gasteiger partial charge in [-0.05, 0) is 24.3 Å². The van der Waals surface area contributed by atoms with Crippen molar-refractivity contribution >= 4 is 40.7 Å². The normalized spacial score (nSPS) is 10.2. The molecule has 0 aliphatic rings. The monoisotopic (exact) mass is 396 g/mol. The number of anilines is 1. The zero-order valence-corrected chi connectivity index (χ0v) is 16.0. The fourth-order valence-electron chi connectivity index (χ4n) is 2.34. The van der Waals surface area contributed by atoms with E-state index in [0.717, 1.165) is 0 Å². The fraction of sp³-hybridized carbons (Fsp3) is 0.222. The number of benzene rings is 2. The summed E-state index contributed by atoms with van der Waals surface area (Å²) >= 11 is 12.1. The van der Waals surface area contributed by atoms with E-state index in [4.69, 9.17) is 32.7 Å². The summed E-state index contributed by atoms with van der Waals surface area (Å²) < 4.78 is 10.5. The SMILES string of the molecule is COc1cccc(C(=O)N(C)CC(=O)Nc2c(Cl)cccc2Cl)c1OC. The van der Waals surface area contributed by atoms with Crippen molar-refractivity contribution in [3.63, 3.8) is 0 Å². The van der Waals surface area contributed by atoms with E-state index in [1.807, 2.05) is 0 Å². The first-order chi connectivity index (χ1) is 12.4. The number of hydrogen-bond donors (Lipinski definition) is 1. The molecule has 6 nitrogen and oxygen atoms in total. The van der Waals surface area contributed by atoms with Crippen LogP contribution < -0.4 is 14.8 Å². The van der Waals surface area contributed by atoms with Crippen LogP contribution in [0.3, 0.4) is 0 Å². The molecular weight excluding hydrogens is 379 g/mol. The summed E-state index contributed by atoms with van der Waals surface area (Å²) in [6.45, 7) is -0.194. The van der Waals surface area contributed by atoms with Crippen LogP contribution in [0.2, 0.25) is 10.0 Å². The molecule has 0 heterocycles. The molecule has 2 aromatic carbocycles. The van der Waals surface area contributed by atoms with Gasteiger partial charge in [0.25, 0.3) is 5.91 Å². The van der Waals surface area contributed by atoms with Crippen LogP contribution in [0.5, 0.6) is 11.5 Å². The number of amides is 2. The Hall–Kier alpha value is -2.44. The maximum atomic E-state index is 12.7. The number of para-hydroxylation sites is 2. The molecule has 0 fully saturated rings. The largest absolute Gasteiger partial charge is 0.493 e. The molecule has 8 heteroatoms. The van der Waals surface area contributed by atoms with Gasteiger partial charge >= 0.3 is 0 Å². The summed E-state index contributed by atoms with van der Waals surface area (Å²) in [5.41, 5.74) is 0.596. The number of ether oxygens (including phenoxy) is 2. The minimum atomic E-state index is -0.433. The lowest BCUT2D eigenvalue weighted by Crippen LogP contribution is -2.35. The minimum absolute atomic E-state index is 0.194. The Bertz CT molecular complexity index is 807. The number of hydrogen-bond acceptors (Lipinski definition) is 4. The van der Waals surface area contributed by atoms with Gasteiger partial charge in [0, 0.05) is 7.05 Å². The second-order valence-corrected chi connectivity index (χ2v) is 6.16. The van der Waals surface area contributed by atoms with Crippen molar-refractivity contribution in [1.82, 2.24) is 4.90 Å². The van der Waals surface area contributed by atoms with Gasteiger partial charge in [0.1, 0.15) is 0 Å². The van der Waals surface area contributed by atoms with Crippen molar-refractivity contribution in [2.45, 2.75) is 0 Å². The van der Waals surface area contributed by atoms with Crippen molar-refractivity contribution < 1.29 is 19.1 Å². The Morgan fingerprint density at radius 1 is 1.04 bits per heavy atom. The number of rotatable bonds is 6. The third-order valence-electron chi connectivity index (χ3n) is 3.59. The van der Waals surface area contributed by atoms with E-state index in [9.17, 15) is 9.59 Å². The first kappa shape index (κ1) is 19.9. The maximum absolute atomic E-state index is 12.7. The molecule has 0 saturated carbocycles. The second-order valence-electron chi connectivity index (χ2n) is 5.35. The Morgan fingerprint density at radius 3 is 2.23 bits per heavy atom. The van der Waals surface area contributed by atoms with Crippen molar-refractivity contribution in [1.29, 1.82) is 0 Å². The fourth-order valence-corrected chi connectivity index (χ4v) is 2.84. The maximum Gasteiger partial charge on any atom is 0.257 e. The number of halogens is 2. The molecule has 0 aliphatic carbocycles. The topological polar surface area (TPSA) is 67.9 Å². The summed E-state index contributed by atoms with van der Waals surface area (Å²) in [6, 6.07) is 9.85. The standard InChI is InChI=1S/C18H18Cl2N2O4/c1-22(10-15(23)21-16-12(19)7-5-8-13(16)20)18(24)11-6-4-9-14(25-2)17(11)26-3/h4-9H,10H2,1-3H3,(H,21,23). The molecule has 0 radical (unpaired) electrons. The predicted octanol–water partition coefficient (Wildman–Crippen LogP) is 3.72. The van der Waals surface area contributed by atoms with Gasteiger partial charge in [-0.3, -0.25) is 9.59 Å². The first-order valence-electron chi connectivity index (χ1n) is 7.59. The van der Waals surface area contributed by atoms with Crippen LogP contribution in [-0.2, 0) is 4.79 Å². The Kier molecular flexibility index (Phi) is 6.71. The van der Waals surface area contributed by atoms with Gasteiger partial charge in [-0.15, -0.1) is 0 Å². The smallest absolute Gasteiger partial charge is 0.257 e. The molecule has 0 atom stereocenters. The Labute approximate surface area is 161 Å². The number of methoxy groups -OCH3 is 2. The third kappa shape index (κ3) is 4.39. The van der Waals surface area contributed by atoms with E-state index in [0.29, 0.717) is 27.2 Å². The highest BCUT2D eigenvalue weighted by atomic mass is 35.5. The van der Waals surface area contributed by atoms with Crippen molar-refractivity contribution in [3.8, 4) is 11.5 Å². The van der Waals surface area contributed by atoms with E-state index in [-0.39, 0.29) is 18.0 Å². The quantitative estimate of drug-likeness (QED) is 0.807. The number of likely N-dealkylation sites (N-methyl/N-ethyl adjacent to an activating group) is 1. The molecule has 2 rings (SSSR count). The van der Waals surface area contributed by atoms with E-state index in [1.165, 1.54) is 26.2 Å². The predicted molar refractivity (Wildman–Crippen MR) is 102 cm³/mol. The van der Waals surface area contributed by atoms with Gasteiger partial charge in [-0.25, -0.2) is 0 Å². The Morgan fingerprint density at radius 2 is 1.65 bits per heavy atom. The minimum Gasteiger partial charge on any atom is -0.493 e. The average molecular weight is 397 g/mol. The lowest BCUT2D eigenvalue weighted by molar-refractivity contribution is -0.116. The third-order valence-corrected chi connectivity index (χ3v) is 4.22. The van der Waals surface area contributed by atoms with Crippen molar-refractivity contribution in [2.75, 3.05) is 33.1 Å². The van der Waals surface area contributed by atoms with Crippen LogP contribution in [0.1, 0.15) is 10.4 Å². The highest BCUT2D eigenvalue weighted by Crippen LogP contribution is 2.32. The van der Waals surface area contributed by atoms with Crippen LogP contribution >= 0.6 is 23.2 Å². The van der Waals surface area contributed by atoms with E-state index in [1.54, 1.807) is 36.4 Å². The van der Waals surface area contributed by atoms with Gasteiger partial charge < -0.3 is 19.7 Å². The number of nitrogens with one attached hydrogen (secondary N) is 1. The lowest BCUT2D eigenvalue weighted by Gasteiger charge is -2.19. The number of carbonyl (C=O) groups excluding carboxylic acids is 2. The molecule has 2 aromatic rings. The van der Waals surface area contributed by atoms with Crippen LogP contribution in [0.15, 0.2) is 36.4 Å². The van der Waals surface area contributed by atoms with E-state index < -0.39 is 5.91 Å². The molecular formula is C18H18Cl2N2O4. The van der Waals surface area contributed by atoms with Crippen LogP contribution in [0.25, 0.3) is 0 Å². The summed E-state index contributed by atoms with van der Waals surface area (Å²) in [4.78, 5) is 26.2. The molecule has 138 valence electrons. The van der Waals surface area contributed by atoms with Crippen LogP contribution in [0.4, 0.5) is 5.69 Å². The highest BCUT2D eigenvalue weighted by molar-refractivity contribution is 6.39. The van der Waals surface area contributed by atoms with Crippen molar-refractivity contribution in [3.05, 3.63) is 52.0 Å². The summed E-state index contributed by atoms with van der Waals surface area (Å²) in [6.07, 6.45) is 0. The molecule has 1 N–H and O–H groups in total. The van der Waals surface area contributed by atoms with Crippen LogP contribution in [-0.4, -0.2) is 44.5 Å². The molecule has 26 heavy (non-hydrogen) atoms. The molecule has 0 aliphatic heterocycles. The zero-order chi connectivity index (χ0) is 19.3. The second kappa shape index (κ2) is 8.78.